The molecule has 0 bridgehead atoms. The van der Waals surface area contributed by atoms with Gasteiger partial charge in [0.25, 0.3) is 5.91 Å². The van der Waals surface area contributed by atoms with Gasteiger partial charge >= 0.3 is 0 Å². The van der Waals surface area contributed by atoms with Crippen LogP contribution in [-0.2, 0) is 9.47 Å². The highest BCUT2D eigenvalue weighted by atomic mass is 16.5. The zero-order valence-corrected chi connectivity index (χ0v) is 21.4. The Morgan fingerprint density at radius 3 is 2.31 bits per heavy atom. The molecule has 1 aliphatic rings. The van der Waals surface area contributed by atoms with Crippen molar-refractivity contribution >= 4 is 29.4 Å². The normalized spacial score (nSPS) is 14.0. The zero-order valence-electron chi connectivity index (χ0n) is 21.4. The topological polar surface area (TPSA) is 148 Å². The highest BCUT2D eigenvalue weighted by Gasteiger charge is 2.16. The lowest BCUT2D eigenvalue weighted by molar-refractivity contribution is 0.0511. The quantitative estimate of drug-likeness (QED) is 0.231. The van der Waals surface area contributed by atoms with E-state index in [0.717, 1.165) is 18.5 Å². The maximum Gasteiger partial charge on any atom is 0.251 e. The van der Waals surface area contributed by atoms with Crippen LogP contribution in [0.25, 0.3) is 0 Å². The summed E-state index contributed by atoms with van der Waals surface area (Å²) < 4.78 is 10.7. The fourth-order valence-corrected chi connectivity index (χ4v) is 3.83. The van der Waals surface area contributed by atoms with Gasteiger partial charge in [-0.05, 0) is 51.0 Å². The molecule has 0 unspecified atom stereocenters. The van der Waals surface area contributed by atoms with Crippen molar-refractivity contribution < 1.29 is 14.3 Å². The third kappa shape index (κ3) is 9.92. The number of nitrogens with one attached hydrogen (secondary N) is 4. The molecular formula is C25H40N8O3. The molecule has 36 heavy (non-hydrogen) atoms. The van der Waals surface area contributed by atoms with E-state index in [2.05, 4.69) is 36.2 Å². The third-order valence-corrected chi connectivity index (χ3v) is 5.56. The molecule has 0 aliphatic heterocycles. The molecule has 2 aromatic rings. The number of ether oxygens (including phenoxy) is 2. The minimum absolute atomic E-state index is 0.160. The molecule has 1 aromatic heterocycles. The Labute approximate surface area is 213 Å². The largest absolute Gasteiger partial charge is 0.378 e. The molecule has 6 N–H and O–H groups in total. The van der Waals surface area contributed by atoms with Crippen molar-refractivity contribution in [3.05, 3.63) is 29.8 Å². The number of rotatable bonds is 15. The Morgan fingerprint density at radius 1 is 0.944 bits per heavy atom. The van der Waals surface area contributed by atoms with Crippen molar-refractivity contribution in [3.63, 3.8) is 0 Å². The van der Waals surface area contributed by atoms with Gasteiger partial charge in [0, 0.05) is 36.4 Å². The molecule has 0 saturated heterocycles. The molecule has 1 aliphatic carbocycles. The Morgan fingerprint density at radius 2 is 1.61 bits per heavy atom. The number of anilines is 4. The van der Waals surface area contributed by atoms with Gasteiger partial charge in [0.05, 0.1) is 26.4 Å². The summed E-state index contributed by atoms with van der Waals surface area (Å²) in [7, 11) is 0. The minimum atomic E-state index is -0.160. The second kappa shape index (κ2) is 15.2. The number of hydrogen-bond acceptors (Lipinski definition) is 10. The van der Waals surface area contributed by atoms with Gasteiger partial charge in [-0.1, -0.05) is 19.3 Å². The molecule has 1 fully saturated rings. The van der Waals surface area contributed by atoms with E-state index in [1.54, 1.807) is 12.1 Å². The second-order valence-corrected chi connectivity index (χ2v) is 9.06. The Balaban J connectivity index is 1.52. The molecule has 198 valence electrons. The van der Waals surface area contributed by atoms with Crippen LogP contribution in [0.4, 0.5) is 23.5 Å². The number of nitrogens with zero attached hydrogens (tertiary/aromatic N) is 3. The van der Waals surface area contributed by atoms with Crippen molar-refractivity contribution in [2.75, 3.05) is 55.5 Å². The molecule has 1 amide bonds. The van der Waals surface area contributed by atoms with Crippen molar-refractivity contribution in [2.24, 2.45) is 5.73 Å². The van der Waals surface area contributed by atoms with Gasteiger partial charge in [-0.25, -0.2) is 0 Å². The summed E-state index contributed by atoms with van der Waals surface area (Å²) in [6, 6.07) is 7.75. The predicted molar refractivity (Wildman–Crippen MR) is 142 cm³/mol. The van der Waals surface area contributed by atoms with E-state index in [4.69, 9.17) is 15.2 Å². The van der Waals surface area contributed by atoms with E-state index >= 15 is 0 Å². The summed E-state index contributed by atoms with van der Waals surface area (Å²) in [6.07, 6.45) is 5.99. The van der Waals surface area contributed by atoms with Crippen LogP contribution in [0, 0.1) is 0 Å². The van der Waals surface area contributed by atoms with E-state index in [1.165, 1.54) is 19.3 Å². The SMILES string of the molecule is CC(C)Nc1nc(Nc2ccc(C(=O)NCCOCCOCCN)cc2)nc(NC2CCCCC2)n1. The molecular weight excluding hydrogens is 460 g/mol. The lowest BCUT2D eigenvalue weighted by Gasteiger charge is -2.23. The number of hydrogen-bond donors (Lipinski definition) is 5. The highest BCUT2D eigenvalue weighted by molar-refractivity contribution is 5.94. The standard InChI is InChI=1S/C25H40N8O3/c1-18(2)28-23-31-24(29-20-6-4-3-5-7-20)33-25(32-23)30-21-10-8-19(9-11-21)22(34)27-13-15-36-17-16-35-14-12-26/h8-11,18,20H,3-7,12-17,26H2,1-2H3,(H,27,34)(H3,28,29,30,31,32,33). The van der Waals surface area contributed by atoms with E-state index in [9.17, 15) is 4.79 Å². The van der Waals surface area contributed by atoms with Gasteiger partial charge in [-0.2, -0.15) is 15.0 Å². The van der Waals surface area contributed by atoms with Crippen LogP contribution >= 0.6 is 0 Å². The fraction of sp³-hybridized carbons (Fsp3) is 0.600. The summed E-state index contributed by atoms with van der Waals surface area (Å²) >= 11 is 0. The predicted octanol–water partition coefficient (Wildman–Crippen LogP) is 2.90. The van der Waals surface area contributed by atoms with Gasteiger partial charge in [-0.15, -0.1) is 0 Å². The monoisotopic (exact) mass is 500 g/mol. The molecule has 3 rings (SSSR count). The number of carbonyl (C=O) groups is 1. The lowest BCUT2D eigenvalue weighted by Crippen LogP contribution is -2.27. The first-order chi connectivity index (χ1) is 17.5. The number of nitrogens with two attached hydrogens (primary N) is 1. The van der Waals surface area contributed by atoms with Gasteiger partial charge in [0.15, 0.2) is 0 Å². The summed E-state index contributed by atoms with van der Waals surface area (Å²) in [4.78, 5) is 26.0. The lowest BCUT2D eigenvalue weighted by atomic mass is 9.96. The van der Waals surface area contributed by atoms with Gasteiger partial charge in [-0.3, -0.25) is 4.79 Å². The van der Waals surface area contributed by atoms with E-state index in [-0.39, 0.29) is 11.9 Å². The molecule has 1 saturated carbocycles. The zero-order chi connectivity index (χ0) is 25.6. The van der Waals surface area contributed by atoms with Crippen molar-refractivity contribution in [1.82, 2.24) is 20.3 Å². The van der Waals surface area contributed by atoms with Crippen LogP contribution in [0.2, 0.25) is 0 Å². The number of aromatic nitrogens is 3. The molecule has 11 nitrogen and oxygen atoms in total. The van der Waals surface area contributed by atoms with Crippen LogP contribution in [0.3, 0.4) is 0 Å². The minimum Gasteiger partial charge on any atom is -0.378 e. The maximum absolute atomic E-state index is 12.4. The summed E-state index contributed by atoms with van der Waals surface area (Å²) in [5.74, 6) is 1.36. The van der Waals surface area contributed by atoms with Crippen LogP contribution in [-0.4, -0.2) is 72.5 Å². The molecule has 1 heterocycles. The third-order valence-electron chi connectivity index (χ3n) is 5.56. The van der Waals surface area contributed by atoms with E-state index in [1.807, 2.05) is 26.0 Å². The summed E-state index contributed by atoms with van der Waals surface area (Å²) in [5.41, 5.74) is 6.69. The maximum atomic E-state index is 12.4. The smallest absolute Gasteiger partial charge is 0.251 e. The van der Waals surface area contributed by atoms with Crippen LogP contribution < -0.4 is 27.0 Å². The van der Waals surface area contributed by atoms with Crippen LogP contribution in [0.5, 0.6) is 0 Å². The molecule has 0 atom stereocenters. The van der Waals surface area contributed by atoms with E-state index < -0.39 is 0 Å². The molecule has 11 heteroatoms. The Bertz CT molecular complexity index is 920. The Hall–Kier alpha value is -3.02. The average Bonchev–Trinajstić information content (AvgIpc) is 2.86. The van der Waals surface area contributed by atoms with Crippen LogP contribution in [0.1, 0.15) is 56.3 Å². The first kappa shape index (κ1) is 27.6. The van der Waals surface area contributed by atoms with Gasteiger partial charge < -0.3 is 36.5 Å². The van der Waals surface area contributed by atoms with Crippen molar-refractivity contribution in [3.8, 4) is 0 Å². The number of amides is 1. The average molecular weight is 501 g/mol. The van der Waals surface area contributed by atoms with Crippen LogP contribution in [0.15, 0.2) is 24.3 Å². The van der Waals surface area contributed by atoms with Crippen molar-refractivity contribution in [1.29, 1.82) is 0 Å². The van der Waals surface area contributed by atoms with Crippen molar-refractivity contribution in [2.45, 2.75) is 58.0 Å². The number of carbonyl (C=O) groups excluding carboxylic acids is 1. The second-order valence-electron chi connectivity index (χ2n) is 9.06. The molecule has 0 spiro atoms. The first-order valence-corrected chi connectivity index (χ1v) is 12.8. The van der Waals surface area contributed by atoms with Gasteiger partial charge in [0.1, 0.15) is 0 Å². The Kier molecular flexibility index (Phi) is 11.6. The fourth-order valence-electron chi connectivity index (χ4n) is 3.83. The highest BCUT2D eigenvalue weighted by Crippen LogP contribution is 2.22. The summed E-state index contributed by atoms with van der Waals surface area (Å²) in [5, 5.41) is 12.8. The van der Waals surface area contributed by atoms with E-state index in [0.29, 0.717) is 69.0 Å². The summed E-state index contributed by atoms with van der Waals surface area (Å²) in [6.45, 7) is 6.90. The molecule has 0 radical (unpaired) electrons. The molecule has 1 aromatic carbocycles. The number of benzene rings is 1. The first-order valence-electron chi connectivity index (χ1n) is 12.8. The van der Waals surface area contributed by atoms with Gasteiger partial charge in [0.2, 0.25) is 17.8 Å².